The molecule has 0 amide bonds. The SMILES string of the molecule is O=C([O-])C[C@H]1CC=C[C@H]1O.[Na+]. The van der Waals surface area contributed by atoms with Crippen LogP contribution in [0.25, 0.3) is 0 Å². The van der Waals surface area contributed by atoms with E-state index in [9.17, 15) is 9.90 Å². The molecule has 0 bridgehead atoms. The number of allylic oxidation sites excluding steroid dienone is 1. The molecular formula is C7H9NaO3. The summed E-state index contributed by atoms with van der Waals surface area (Å²) in [5, 5.41) is 19.1. The number of aliphatic hydroxyl groups is 1. The molecule has 0 aromatic rings. The average molecular weight is 164 g/mol. The average Bonchev–Trinajstić information content (AvgIpc) is 2.15. The first-order valence-corrected chi connectivity index (χ1v) is 3.24. The van der Waals surface area contributed by atoms with Crippen LogP contribution >= 0.6 is 0 Å². The Morgan fingerprint density at radius 3 is 2.73 bits per heavy atom. The van der Waals surface area contributed by atoms with Gasteiger partial charge in [-0.3, -0.25) is 0 Å². The molecule has 0 unspecified atom stereocenters. The molecule has 0 saturated heterocycles. The zero-order valence-electron chi connectivity index (χ0n) is 6.49. The number of rotatable bonds is 2. The fourth-order valence-corrected chi connectivity index (χ4v) is 1.11. The summed E-state index contributed by atoms with van der Waals surface area (Å²) < 4.78 is 0. The van der Waals surface area contributed by atoms with E-state index in [1.54, 1.807) is 12.2 Å². The Kier molecular flexibility index (Phi) is 5.01. The normalized spacial score (nSPS) is 28.1. The molecule has 0 radical (unpaired) electrons. The minimum atomic E-state index is -1.09. The van der Waals surface area contributed by atoms with Crippen molar-refractivity contribution in [2.24, 2.45) is 5.92 Å². The first kappa shape index (κ1) is 11.2. The Morgan fingerprint density at radius 1 is 1.73 bits per heavy atom. The standard InChI is InChI=1S/C7H10O3.Na/c8-6-3-1-2-5(6)4-7(9)10;/h1,3,5-6,8H,2,4H2,(H,9,10);/q;+1/p-1/t5-,6-;/m1./s1. The molecule has 1 rings (SSSR count). The van der Waals surface area contributed by atoms with Gasteiger partial charge in [-0.1, -0.05) is 12.2 Å². The largest absolute Gasteiger partial charge is 1.00 e. The molecule has 1 aliphatic rings. The molecule has 11 heavy (non-hydrogen) atoms. The predicted octanol–water partition coefficient (Wildman–Crippen LogP) is -3.93. The van der Waals surface area contributed by atoms with Gasteiger partial charge in [0.2, 0.25) is 0 Å². The van der Waals surface area contributed by atoms with Gasteiger partial charge in [0.1, 0.15) is 0 Å². The smallest absolute Gasteiger partial charge is 0.550 e. The van der Waals surface area contributed by atoms with Crippen molar-refractivity contribution in [3.8, 4) is 0 Å². The number of carbonyl (C=O) groups excluding carboxylic acids is 1. The summed E-state index contributed by atoms with van der Waals surface area (Å²) in [6.07, 6.45) is 3.42. The zero-order chi connectivity index (χ0) is 7.56. The van der Waals surface area contributed by atoms with E-state index in [4.69, 9.17) is 5.11 Å². The molecule has 56 valence electrons. The molecular weight excluding hydrogens is 155 g/mol. The van der Waals surface area contributed by atoms with Gasteiger partial charge in [0.05, 0.1) is 6.10 Å². The summed E-state index contributed by atoms with van der Waals surface area (Å²) in [5.74, 6) is -1.25. The van der Waals surface area contributed by atoms with Gasteiger partial charge in [-0.25, -0.2) is 0 Å². The van der Waals surface area contributed by atoms with Crippen LogP contribution in [-0.4, -0.2) is 17.2 Å². The number of carbonyl (C=O) groups is 1. The van der Waals surface area contributed by atoms with Crippen LogP contribution in [0.5, 0.6) is 0 Å². The van der Waals surface area contributed by atoms with Crippen molar-refractivity contribution in [1.29, 1.82) is 0 Å². The minimum absolute atomic E-state index is 0. The van der Waals surface area contributed by atoms with Gasteiger partial charge in [-0.05, 0) is 18.8 Å². The van der Waals surface area contributed by atoms with Crippen molar-refractivity contribution < 1.29 is 44.6 Å². The van der Waals surface area contributed by atoms with Gasteiger partial charge < -0.3 is 15.0 Å². The Morgan fingerprint density at radius 2 is 2.36 bits per heavy atom. The molecule has 0 aromatic heterocycles. The summed E-state index contributed by atoms with van der Waals surface area (Å²) in [6, 6.07) is 0. The summed E-state index contributed by atoms with van der Waals surface area (Å²) in [7, 11) is 0. The third kappa shape index (κ3) is 3.38. The van der Waals surface area contributed by atoms with E-state index in [0.29, 0.717) is 6.42 Å². The topological polar surface area (TPSA) is 60.4 Å². The van der Waals surface area contributed by atoms with Crippen molar-refractivity contribution >= 4 is 5.97 Å². The van der Waals surface area contributed by atoms with E-state index in [1.807, 2.05) is 0 Å². The van der Waals surface area contributed by atoms with Crippen molar-refractivity contribution in [1.82, 2.24) is 0 Å². The molecule has 0 aromatic carbocycles. The van der Waals surface area contributed by atoms with Gasteiger partial charge in [0.15, 0.2) is 0 Å². The van der Waals surface area contributed by atoms with E-state index >= 15 is 0 Å². The summed E-state index contributed by atoms with van der Waals surface area (Å²) >= 11 is 0. The number of hydrogen-bond acceptors (Lipinski definition) is 3. The third-order valence-electron chi connectivity index (χ3n) is 1.68. The van der Waals surface area contributed by atoms with Crippen LogP contribution in [0.4, 0.5) is 0 Å². The summed E-state index contributed by atoms with van der Waals surface area (Å²) in [6.45, 7) is 0. The quantitative estimate of drug-likeness (QED) is 0.335. The van der Waals surface area contributed by atoms with Crippen LogP contribution in [0, 0.1) is 5.92 Å². The van der Waals surface area contributed by atoms with Gasteiger partial charge in [-0.15, -0.1) is 0 Å². The van der Waals surface area contributed by atoms with Crippen molar-refractivity contribution in [2.75, 3.05) is 0 Å². The second-order valence-corrected chi connectivity index (χ2v) is 2.49. The second kappa shape index (κ2) is 4.93. The van der Waals surface area contributed by atoms with Crippen molar-refractivity contribution in [3.63, 3.8) is 0 Å². The fraction of sp³-hybridized carbons (Fsp3) is 0.571. The predicted molar refractivity (Wildman–Crippen MR) is 32.9 cm³/mol. The molecule has 0 fully saturated rings. The molecule has 0 saturated carbocycles. The van der Waals surface area contributed by atoms with Crippen LogP contribution in [0.15, 0.2) is 12.2 Å². The van der Waals surface area contributed by atoms with Crippen molar-refractivity contribution in [3.05, 3.63) is 12.2 Å². The van der Waals surface area contributed by atoms with Crippen LogP contribution in [0.1, 0.15) is 12.8 Å². The van der Waals surface area contributed by atoms with E-state index in [-0.39, 0.29) is 41.9 Å². The number of hydrogen-bond donors (Lipinski definition) is 1. The van der Waals surface area contributed by atoms with Crippen molar-refractivity contribution in [2.45, 2.75) is 18.9 Å². The molecule has 3 nitrogen and oxygen atoms in total. The molecule has 2 atom stereocenters. The molecule has 0 heterocycles. The maximum atomic E-state index is 10.1. The van der Waals surface area contributed by atoms with Gasteiger partial charge >= 0.3 is 29.6 Å². The summed E-state index contributed by atoms with van der Waals surface area (Å²) in [4.78, 5) is 10.1. The van der Waals surface area contributed by atoms with Crippen LogP contribution in [0.2, 0.25) is 0 Å². The Hall–Kier alpha value is 0.170. The van der Waals surface area contributed by atoms with Crippen LogP contribution in [0.3, 0.4) is 0 Å². The Labute approximate surface area is 87.4 Å². The number of carboxylic acids is 1. The van der Waals surface area contributed by atoms with E-state index in [1.165, 1.54) is 0 Å². The van der Waals surface area contributed by atoms with Gasteiger partial charge in [0, 0.05) is 5.97 Å². The molecule has 0 aliphatic heterocycles. The second-order valence-electron chi connectivity index (χ2n) is 2.49. The van der Waals surface area contributed by atoms with E-state index in [2.05, 4.69) is 0 Å². The molecule has 4 heteroatoms. The minimum Gasteiger partial charge on any atom is -0.550 e. The third-order valence-corrected chi connectivity index (χ3v) is 1.68. The molecule has 0 spiro atoms. The maximum absolute atomic E-state index is 10.1. The number of aliphatic hydroxyl groups excluding tert-OH is 1. The first-order valence-electron chi connectivity index (χ1n) is 3.24. The Balaban J connectivity index is 0.000001000. The number of carboxylic acid groups (broad SMARTS) is 1. The van der Waals surface area contributed by atoms with Gasteiger partial charge in [0.25, 0.3) is 0 Å². The molecule has 1 aliphatic carbocycles. The Bertz CT molecular complexity index is 167. The zero-order valence-corrected chi connectivity index (χ0v) is 8.49. The van der Waals surface area contributed by atoms with Crippen LogP contribution in [-0.2, 0) is 4.79 Å². The van der Waals surface area contributed by atoms with E-state index in [0.717, 1.165) is 0 Å². The molecule has 1 N–H and O–H groups in total. The fourth-order valence-electron chi connectivity index (χ4n) is 1.11. The summed E-state index contributed by atoms with van der Waals surface area (Å²) in [5.41, 5.74) is 0. The number of aliphatic carboxylic acids is 1. The monoisotopic (exact) mass is 164 g/mol. The maximum Gasteiger partial charge on any atom is 1.00 e. The first-order chi connectivity index (χ1) is 4.70. The van der Waals surface area contributed by atoms with Gasteiger partial charge in [-0.2, -0.15) is 0 Å². The van der Waals surface area contributed by atoms with E-state index < -0.39 is 12.1 Å². The van der Waals surface area contributed by atoms with Crippen LogP contribution < -0.4 is 34.7 Å².